The Hall–Kier alpha value is -0.720. The molecule has 0 saturated heterocycles. The SMILES string of the molecule is CC.CC(C)(C)c1cocc1C(C)(C)C. The molecule has 88 valence electrons. The predicted octanol–water partition coefficient (Wildman–Crippen LogP) is 4.90. The summed E-state index contributed by atoms with van der Waals surface area (Å²) in [5.41, 5.74) is 2.99. The lowest BCUT2D eigenvalue weighted by molar-refractivity contribution is 0.534. The molecule has 1 nitrogen and oxygen atoms in total. The molecule has 0 aliphatic rings. The third-order valence-corrected chi connectivity index (χ3v) is 2.28. The van der Waals surface area contributed by atoms with Crippen molar-refractivity contribution in [1.82, 2.24) is 0 Å². The summed E-state index contributed by atoms with van der Waals surface area (Å²) in [4.78, 5) is 0. The van der Waals surface area contributed by atoms with Crippen molar-refractivity contribution >= 4 is 0 Å². The Kier molecular flexibility index (Phi) is 4.64. The van der Waals surface area contributed by atoms with Gasteiger partial charge in [0.15, 0.2) is 0 Å². The summed E-state index contributed by atoms with van der Waals surface area (Å²) in [6, 6.07) is 0. The van der Waals surface area contributed by atoms with E-state index in [4.69, 9.17) is 4.42 Å². The zero-order chi connectivity index (χ0) is 12.3. The fourth-order valence-electron chi connectivity index (χ4n) is 1.46. The summed E-state index contributed by atoms with van der Waals surface area (Å²) < 4.78 is 5.30. The lowest BCUT2D eigenvalue weighted by atomic mass is 9.78. The topological polar surface area (TPSA) is 13.1 Å². The van der Waals surface area contributed by atoms with Crippen LogP contribution >= 0.6 is 0 Å². The van der Waals surface area contributed by atoms with Gasteiger partial charge in [-0.1, -0.05) is 55.4 Å². The maximum Gasteiger partial charge on any atom is 0.0942 e. The second kappa shape index (κ2) is 4.87. The molecule has 0 bridgehead atoms. The summed E-state index contributed by atoms with van der Waals surface area (Å²) in [7, 11) is 0. The number of hydrogen-bond acceptors (Lipinski definition) is 1. The van der Waals surface area contributed by atoms with Gasteiger partial charge in [-0.3, -0.25) is 0 Å². The van der Waals surface area contributed by atoms with Crippen molar-refractivity contribution < 1.29 is 4.42 Å². The molecule has 0 amide bonds. The number of rotatable bonds is 0. The Bertz CT molecular complexity index is 253. The van der Waals surface area contributed by atoms with Crippen LogP contribution in [0.15, 0.2) is 16.9 Å². The lowest BCUT2D eigenvalue weighted by Crippen LogP contribution is -2.19. The molecule has 1 heteroatoms. The van der Waals surface area contributed by atoms with E-state index in [2.05, 4.69) is 41.5 Å². The van der Waals surface area contributed by atoms with Crippen LogP contribution in [0.5, 0.6) is 0 Å². The van der Waals surface area contributed by atoms with Crippen molar-refractivity contribution in [3.8, 4) is 0 Å². The lowest BCUT2D eigenvalue weighted by Gasteiger charge is -2.25. The minimum Gasteiger partial charge on any atom is -0.472 e. The van der Waals surface area contributed by atoms with Crippen LogP contribution in [0.25, 0.3) is 0 Å². The van der Waals surface area contributed by atoms with Gasteiger partial charge in [0.05, 0.1) is 12.5 Å². The highest BCUT2D eigenvalue weighted by Crippen LogP contribution is 2.34. The average molecular weight is 210 g/mol. The molecule has 0 saturated carbocycles. The van der Waals surface area contributed by atoms with Crippen molar-refractivity contribution in [1.29, 1.82) is 0 Å². The van der Waals surface area contributed by atoms with E-state index >= 15 is 0 Å². The fraction of sp³-hybridized carbons (Fsp3) is 0.714. The Morgan fingerprint density at radius 3 is 1.20 bits per heavy atom. The molecular formula is C14H26O. The summed E-state index contributed by atoms with van der Waals surface area (Å²) in [6.07, 6.45) is 3.75. The molecule has 1 aromatic heterocycles. The smallest absolute Gasteiger partial charge is 0.0942 e. The van der Waals surface area contributed by atoms with Crippen LogP contribution in [0.3, 0.4) is 0 Å². The van der Waals surface area contributed by atoms with Gasteiger partial charge < -0.3 is 4.42 Å². The maximum atomic E-state index is 5.30. The molecule has 0 aliphatic heterocycles. The van der Waals surface area contributed by atoms with Gasteiger partial charge in [-0.15, -0.1) is 0 Å². The normalized spacial score (nSPS) is 12.0. The molecule has 0 spiro atoms. The van der Waals surface area contributed by atoms with Crippen LogP contribution in [0.2, 0.25) is 0 Å². The molecule has 0 aromatic carbocycles. The van der Waals surface area contributed by atoms with Crippen molar-refractivity contribution in [2.75, 3.05) is 0 Å². The van der Waals surface area contributed by atoms with E-state index in [1.54, 1.807) is 0 Å². The van der Waals surface area contributed by atoms with E-state index in [9.17, 15) is 0 Å². The first-order chi connectivity index (χ1) is 6.73. The first-order valence-corrected chi connectivity index (χ1v) is 5.80. The Labute approximate surface area is 94.9 Å². The minimum absolute atomic E-state index is 0.176. The quantitative estimate of drug-likeness (QED) is 0.593. The summed E-state index contributed by atoms with van der Waals surface area (Å²) in [5.74, 6) is 0. The van der Waals surface area contributed by atoms with Gasteiger partial charge in [-0.2, -0.15) is 0 Å². The summed E-state index contributed by atoms with van der Waals surface area (Å²) in [6.45, 7) is 17.3. The van der Waals surface area contributed by atoms with Gasteiger partial charge in [-0.25, -0.2) is 0 Å². The van der Waals surface area contributed by atoms with Gasteiger partial charge in [0.1, 0.15) is 0 Å². The van der Waals surface area contributed by atoms with Gasteiger partial charge in [-0.05, 0) is 22.0 Å². The van der Waals surface area contributed by atoms with E-state index < -0.39 is 0 Å². The van der Waals surface area contributed by atoms with E-state index in [1.165, 1.54) is 11.1 Å². The van der Waals surface area contributed by atoms with Crippen molar-refractivity contribution in [2.45, 2.75) is 66.2 Å². The predicted molar refractivity (Wildman–Crippen MR) is 67.5 cm³/mol. The van der Waals surface area contributed by atoms with Crippen LogP contribution in [-0.4, -0.2) is 0 Å². The first kappa shape index (κ1) is 14.3. The molecule has 0 fully saturated rings. The van der Waals surface area contributed by atoms with Crippen LogP contribution in [-0.2, 0) is 10.8 Å². The maximum absolute atomic E-state index is 5.30. The molecule has 0 N–H and O–H groups in total. The first-order valence-electron chi connectivity index (χ1n) is 5.80. The van der Waals surface area contributed by atoms with Crippen LogP contribution in [0.1, 0.15) is 66.5 Å². The molecule has 1 heterocycles. The highest BCUT2D eigenvalue weighted by molar-refractivity contribution is 5.33. The van der Waals surface area contributed by atoms with Crippen LogP contribution in [0.4, 0.5) is 0 Å². The highest BCUT2D eigenvalue weighted by Gasteiger charge is 2.26. The molecule has 0 unspecified atom stereocenters. The zero-order valence-corrected chi connectivity index (χ0v) is 11.6. The van der Waals surface area contributed by atoms with E-state index in [0.29, 0.717) is 0 Å². The van der Waals surface area contributed by atoms with Gasteiger partial charge >= 0.3 is 0 Å². The molecule has 0 aliphatic carbocycles. The Morgan fingerprint density at radius 2 is 1.00 bits per heavy atom. The van der Waals surface area contributed by atoms with Gasteiger partial charge in [0, 0.05) is 0 Å². The largest absolute Gasteiger partial charge is 0.472 e. The monoisotopic (exact) mass is 210 g/mol. The summed E-state index contributed by atoms with van der Waals surface area (Å²) >= 11 is 0. The average Bonchev–Trinajstić information content (AvgIpc) is 2.53. The molecule has 15 heavy (non-hydrogen) atoms. The molecule has 0 atom stereocenters. The highest BCUT2D eigenvalue weighted by atomic mass is 16.3. The van der Waals surface area contributed by atoms with Crippen LogP contribution < -0.4 is 0 Å². The molecular weight excluding hydrogens is 184 g/mol. The minimum atomic E-state index is 0.176. The number of furan rings is 1. The Balaban J connectivity index is 0.000000921. The fourth-order valence-corrected chi connectivity index (χ4v) is 1.46. The third kappa shape index (κ3) is 3.73. The molecule has 0 radical (unpaired) electrons. The second-order valence-electron chi connectivity index (χ2n) is 5.70. The van der Waals surface area contributed by atoms with E-state index in [0.717, 1.165) is 0 Å². The van der Waals surface area contributed by atoms with Crippen molar-refractivity contribution in [3.05, 3.63) is 23.7 Å². The summed E-state index contributed by atoms with van der Waals surface area (Å²) in [5, 5.41) is 0. The van der Waals surface area contributed by atoms with Gasteiger partial charge in [0.2, 0.25) is 0 Å². The second-order valence-corrected chi connectivity index (χ2v) is 5.70. The van der Waals surface area contributed by atoms with Crippen LogP contribution in [0, 0.1) is 0 Å². The Morgan fingerprint density at radius 1 is 0.733 bits per heavy atom. The van der Waals surface area contributed by atoms with E-state index in [1.807, 2.05) is 26.4 Å². The molecule has 1 aromatic rings. The van der Waals surface area contributed by atoms with E-state index in [-0.39, 0.29) is 10.8 Å². The van der Waals surface area contributed by atoms with Crippen molar-refractivity contribution in [3.63, 3.8) is 0 Å². The third-order valence-electron chi connectivity index (χ3n) is 2.28. The number of hydrogen-bond donors (Lipinski definition) is 0. The van der Waals surface area contributed by atoms with Gasteiger partial charge in [0.25, 0.3) is 0 Å². The zero-order valence-electron chi connectivity index (χ0n) is 11.6. The standard InChI is InChI=1S/C12H20O.C2H6/c1-11(2,3)9-7-13-8-10(9)12(4,5)6;1-2/h7-8H,1-6H3;1-2H3. The molecule has 1 rings (SSSR count). The van der Waals surface area contributed by atoms with Crippen molar-refractivity contribution in [2.24, 2.45) is 0 Å².